The van der Waals surface area contributed by atoms with Gasteiger partial charge in [-0.1, -0.05) is 0 Å². The zero-order valence-electron chi connectivity index (χ0n) is 15.9. The predicted octanol–water partition coefficient (Wildman–Crippen LogP) is -0.359. The minimum atomic E-state index is -1.26. The molecule has 11 heteroatoms. The Morgan fingerprint density at radius 3 is 1.83 bits per heavy atom. The van der Waals surface area contributed by atoms with E-state index in [4.69, 9.17) is 14.2 Å². The van der Waals surface area contributed by atoms with Gasteiger partial charge in [-0.25, -0.2) is 4.79 Å². The first kappa shape index (κ1) is 22.6. The number of esters is 1. The number of carbonyl (C=O) groups excluding carboxylic acids is 6. The summed E-state index contributed by atoms with van der Waals surface area (Å²) in [6.07, 6.45) is -0.635. The van der Waals surface area contributed by atoms with Crippen molar-refractivity contribution in [1.29, 1.82) is 0 Å². The second-order valence-corrected chi connectivity index (χ2v) is 6.43. The quantitative estimate of drug-likeness (QED) is 0.180. The maximum Gasteiger partial charge on any atom is 0.335 e. The maximum atomic E-state index is 11.6. The van der Waals surface area contributed by atoms with Gasteiger partial charge in [-0.2, -0.15) is 0 Å². The normalized spacial score (nSPS) is 17.3. The summed E-state index contributed by atoms with van der Waals surface area (Å²) in [7, 11) is 0. The molecule has 2 fully saturated rings. The van der Waals surface area contributed by atoms with Gasteiger partial charge in [-0.3, -0.25) is 24.0 Å². The minimum absolute atomic E-state index is 0.0389. The average Bonchev–Trinajstić information content (AvgIpc) is 3.16. The van der Waals surface area contributed by atoms with E-state index in [0.29, 0.717) is 24.7 Å². The lowest BCUT2D eigenvalue weighted by Crippen LogP contribution is -2.32. The first-order valence-corrected chi connectivity index (χ1v) is 9.35. The van der Waals surface area contributed by atoms with E-state index in [9.17, 15) is 28.8 Å². The highest BCUT2D eigenvalue weighted by Gasteiger charge is 2.36. The predicted molar refractivity (Wildman–Crippen MR) is 91.8 cm³/mol. The molecule has 1 saturated heterocycles. The van der Waals surface area contributed by atoms with Crippen LogP contribution in [0.15, 0.2) is 0 Å². The van der Waals surface area contributed by atoms with Gasteiger partial charge in [0.2, 0.25) is 6.10 Å². The summed E-state index contributed by atoms with van der Waals surface area (Å²) in [4.78, 5) is 73.1. The van der Waals surface area contributed by atoms with E-state index in [-0.39, 0.29) is 63.3 Å². The Morgan fingerprint density at radius 2 is 1.28 bits per heavy atom. The molecule has 1 heterocycles. The molecule has 0 bridgehead atoms. The van der Waals surface area contributed by atoms with Gasteiger partial charge in [0, 0.05) is 38.9 Å². The van der Waals surface area contributed by atoms with Crippen molar-refractivity contribution in [3.63, 3.8) is 0 Å². The first-order chi connectivity index (χ1) is 13.9. The van der Waals surface area contributed by atoms with Crippen molar-refractivity contribution >= 4 is 35.3 Å². The highest BCUT2D eigenvalue weighted by Crippen LogP contribution is 2.15. The molecule has 0 radical (unpaired) electrons. The Kier molecular flexibility index (Phi) is 8.87. The summed E-state index contributed by atoms with van der Waals surface area (Å²) in [5, 5.41) is 0.486. The third-order valence-corrected chi connectivity index (χ3v) is 4.13. The Morgan fingerprint density at radius 1 is 0.759 bits per heavy atom. The molecule has 2 amide bonds. The molecule has 0 atom stereocenters. The van der Waals surface area contributed by atoms with Crippen LogP contribution in [-0.4, -0.2) is 72.9 Å². The highest BCUT2D eigenvalue weighted by molar-refractivity contribution is 6.12. The Balaban J connectivity index is 1.42. The number of hydroxylamine groups is 2. The van der Waals surface area contributed by atoms with E-state index in [1.54, 1.807) is 0 Å². The standard InChI is InChI=1S/C18H23NO10/c20-12-2-3-13(21)18(12)28-16(24)6-10-26-8-1-9-27-11-7-17(25)29-19-14(22)4-5-15(19)23/h18H,1-11H2. The minimum Gasteiger partial charge on any atom is -0.446 e. The van der Waals surface area contributed by atoms with Crippen LogP contribution in [0.4, 0.5) is 0 Å². The number of ether oxygens (including phenoxy) is 3. The molecule has 2 aliphatic rings. The monoisotopic (exact) mass is 413 g/mol. The lowest BCUT2D eigenvalue weighted by atomic mass is 10.3. The van der Waals surface area contributed by atoms with Gasteiger partial charge in [0.05, 0.1) is 26.1 Å². The fourth-order valence-corrected chi connectivity index (χ4v) is 2.59. The number of hydrogen-bond acceptors (Lipinski definition) is 10. The number of carbonyl (C=O) groups is 6. The van der Waals surface area contributed by atoms with Crippen molar-refractivity contribution in [3.8, 4) is 0 Å². The molecule has 2 rings (SSSR count). The third kappa shape index (κ3) is 7.35. The molecule has 29 heavy (non-hydrogen) atoms. The van der Waals surface area contributed by atoms with Crippen LogP contribution in [0.5, 0.6) is 0 Å². The van der Waals surface area contributed by atoms with Gasteiger partial charge >= 0.3 is 11.9 Å². The Hall–Kier alpha value is -2.66. The highest BCUT2D eigenvalue weighted by atomic mass is 16.7. The largest absolute Gasteiger partial charge is 0.446 e. The smallest absolute Gasteiger partial charge is 0.335 e. The fourth-order valence-electron chi connectivity index (χ4n) is 2.59. The molecule has 0 aromatic rings. The number of hydrogen-bond donors (Lipinski definition) is 0. The number of amides is 2. The van der Waals surface area contributed by atoms with Crippen LogP contribution in [-0.2, 0) is 47.8 Å². The van der Waals surface area contributed by atoms with Crippen molar-refractivity contribution in [3.05, 3.63) is 0 Å². The van der Waals surface area contributed by atoms with Crippen molar-refractivity contribution in [2.24, 2.45) is 0 Å². The number of nitrogens with zero attached hydrogens (tertiary/aromatic N) is 1. The van der Waals surface area contributed by atoms with Crippen molar-refractivity contribution in [1.82, 2.24) is 5.06 Å². The third-order valence-electron chi connectivity index (χ3n) is 4.13. The van der Waals surface area contributed by atoms with Crippen LogP contribution in [0, 0.1) is 0 Å². The Bertz CT molecular complexity index is 586. The van der Waals surface area contributed by atoms with E-state index in [2.05, 4.69) is 4.84 Å². The summed E-state index contributed by atoms with van der Waals surface area (Å²) in [5.41, 5.74) is 0. The second-order valence-electron chi connectivity index (χ2n) is 6.43. The fraction of sp³-hybridized carbons (Fsp3) is 0.667. The number of imide groups is 1. The van der Waals surface area contributed by atoms with Crippen LogP contribution in [0.1, 0.15) is 44.9 Å². The molecular formula is C18H23NO10. The SMILES string of the molecule is O=C(CCOCCCOCCC(=O)ON1C(=O)CCC1=O)OC1C(=O)CCC1=O. The molecule has 0 aromatic heterocycles. The van der Waals surface area contributed by atoms with Gasteiger partial charge in [0.15, 0.2) is 11.6 Å². The van der Waals surface area contributed by atoms with E-state index in [1.807, 2.05) is 0 Å². The zero-order chi connectivity index (χ0) is 21.2. The summed E-state index contributed by atoms with van der Waals surface area (Å²) >= 11 is 0. The molecule has 1 aliphatic carbocycles. The summed E-state index contributed by atoms with van der Waals surface area (Å²) in [6.45, 7) is 0.739. The summed E-state index contributed by atoms with van der Waals surface area (Å²) < 4.78 is 15.3. The van der Waals surface area contributed by atoms with Crippen LogP contribution in [0.2, 0.25) is 0 Å². The Labute approximate surface area is 166 Å². The molecular weight excluding hydrogens is 390 g/mol. The van der Waals surface area contributed by atoms with Gasteiger partial charge in [0.25, 0.3) is 11.8 Å². The van der Waals surface area contributed by atoms with E-state index < -0.39 is 29.9 Å². The van der Waals surface area contributed by atoms with E-state index in [1.165, 1.54) is 0 Å². The maximum absolute atomic E-state index is 11.6. The molecule has 0 N–H and O–H groups in total. The van der Waals surface area contributed by atoms with Crippen LogP contribution in [0.25, 0.3) is 0 Å². The molecule has 11 nitrogen and oxygen atoms in total. The van der Waals surface area contributed by atoms with Crippen molar-refractivity contribution in [2.75, 3.05) is 26.4 Å². The van der Waals surface area contributed by atoms with Crippen molar-refractivity contribution < 1.29 is 47.8 Å². The van der Waals surface area contributed by atoms with Gasteiger partial charge in [0.1, 0.15) is 0 Å². The molecule has 1 saturated carbocycles. The second kappa shape index (κ2) is 11.4. The number of ketones is 2. The van der Waals surface area contributed by atoms with E-state index >= 15 is 0 Å². The average molecular weight is 413 g/mol. The van der Waals surface area contributed by atoms with Crippen LogP contribution in [0.3, 0.4) is 0 Å². The molecule has 0 aromatic carbocycles. The van der Waals surface area contributed by atoms with Crippen LogP contribution < -0.4 is 0 Å². The lowest BCUT2D eigenvalue weighted by Gasteiger charge is -2.12. The molecule has 160 valence electrons. The first-order valence-electron chi connectivity index (χ1n) is 9.35. The van der Waals surface area contributed by atoms with E-state index in [0.717, 1.165) is 0 Å². The molecule has 0 spiro atoms. The zero-order valence-corrected chi connectivity index (χ0v) is 15.9. The van der Waals surface area contributed by atoms with Crippen LogP contribution >= 0.6 is 0 Å². The van der Waals surface area contributed by atoms with Gasteiger partial charge < -0.3 is 19.0 Å². The number of Topliss-reactive ketones (excluding diaryl/α,β-unsaturated/α-hetero) is 2. The van der Waals surface area contributed by atoms with Gasteiger partial charge in [-0.15, -0.1) is 5.06 Å². The molecule has 0 unspecified atom stereocenters. The lowest BCUT2D eigenvalue weighted by molar-refractivity contribution is -0.198. The van der Waals surface area contributed by atoms with Crippen molar-refractivity contribution in [2.45, 2.75) is 51.0 Å². The summed E-state index contributed by atoms with van der Waals surface area (Å²) in [6, 6.07) is 0. The topological polar surface area (TPSA) is 143 Å². The summed E-state index contributed by atoms with van der Waals surface area (Å²) in [5.74, 6) is -3.21. The number of rotatable bonds is 12. The molecule has 1 aliphatic heterocycles. The van der Waals surface area contributed by atoms with Gasteiger partial charge in [-0.05, 0) is 6.42 Å².